The lowest BCUT2D eigenvalue weighted by atomic mass is 10.1. The van der Waals surface area contributed by atoms with E-state index in [1.54, 1.807) is 7.11 Å². The number of fused-ring (bicyclic) bond motifs is 1. The first-order chi connectivity index (χ1) is 13.2. The van der Waals surface area contributed by atoms with Gasteiger partial charge in [0.15, 0.2) is 0 Å². The van der Waals surface area contributed by atoms with Gasteiger partial charge in [0.1, 0.15) is 11.6 Å². The van der Waals surface area contributed by atoms with Gasteiger partial charge in [0.25, 0.3) is 0 Å². The maximum atomic E-state index is 13.1. The predicted octanol–water partition coefficient (Wildman–Crippen LogP) is 3.93. The van der Waals surface area contributed by atoms with Gasteiger partial charge in [-0.05, 0) is 29.8 Å². The molecule has 138 valence electrons. The first-order valence-corrected chi connectivity index (χ1v) is 8.93. The second kappa shape index (κ2) is 7.72. The molecule has 2 aromatic carbocycles. The molecule has 0 fully saturated rings. The molecule has 2 heterocycles. The Labute approximate surface area is 157 Å². The largest absolute Gasteiger partial charge is 0.495 e. The summed E-state index contributed by atoms with van der Waals surface area (Å²) in [5, 5.41) is 3.23. The fourth-order valence-electron chi connectivity index (χ4n) is 3.29. The zero-order valence-corrected chi connectivity index (χ0v) is 15.2. The van der Waals surface area contributed by atoms with Gasteiger partial charge in [-0.15, -0.1) is 0 Å². The molecule has 1 aliphatic heterocycles. The SMILES string of the molecule is COc1ccccc1Nc1ncc2c(n1)CCN(Cc1ccc(F)cc1)C2. The molecule has 6 heteroatoms. The molecule has 5 nitrogen and oxygen atoms in total. The number of halogens is 1. The van der Waals surface area contributed by atoms with Crippen LogP contribution in [0, 0.1) is 5.82 Å². The molecular formula is C21H21FN4O. The van der Waals surface area contributed by atoms with Crippen molar-refractivity contribution in [1.29, 1.82) is 0 Å². The number of hydrogen-bond donors (Lipinski definition) is 1. The molecule has 3 aromatic rings. The summed E-state index contributed by atoms with van der Waals surface area (Å²) in [4.78, 5) is 11.5. The van der Waals surface area contributed by atoms with Crippen molar-refractivity contribution in [3.05, 3.63) is 77.4 Å². The summed E-state index contributed by atoms with van der Waals surface area (Å²) in [6.45, 7) is 2.50. The summed E-state index contributed by atoms with van der Waals surface area (Å²) in [5.74, 6) is 1.13. The Morgan fingerprint density at radius 1 is 1.15 bits per heavy atom. The third-order valence-electron chi connectivity index (χ3n) is 4.69. The van der Waals surface area contributed by atoms with Crippen molar-refractivity contribution in [2.45, 2.75) is 19.5 Å². The molecule has 0 bridgehead atoms. The van der Waals surface area contributed by atoms with E-state index in [-0.39, 0.29) is 5.82 Å². The molecular weight excluding hydrogens is 343 g/mol. The Balaban J connectivity index is 1.45. The number of ether oxygens (including phenoxy) is 1. The van der Waals surface area contributed by atoms with Crippen molar-refractivity contribution in [2.24, 2.45) is 0 Å². The normalized spacial score (nSPS) is 13.9. The van der Waals surface area contributed by atoms with Crippen molar-refractivity contribution in [3.63, 3.8) is 0 Å². The maximum absolute atomic E-state index is 13.1. The van der Waals surface area contributed by atoms with Crippen LogP contribution in [0.3, 0.4) is 0 Å². The molecule has 0 spiro atoms. The lowest BCUT2D eigenvalue weighted by Gasteiger charge is -2.28. The number of benzene rings is 2. The third kappa shape index (κ3) is 4.06. The van der Waals surface area contributed by atoms with Gasteiger partial charge < -0.3 is 10.1 Å². The van der Waals surface area contributed by atoms with Gasteiger partial charge in [-0.25, -0.2) is 14.4 Å². The molecule has 1 aliphatic rings. The second-order valence-electron chi connectivity index (χ2n) is 6.58. The van der Waals surface area contributed by atoms with Crippen LogP contribution in [-0.2, 0) is 19.5 Å². The predicted molar refractivity (Wildman–Crippen MR) is 103 cm³/mol. The molecule has 0 atom stereocenters. The lowest BCUT2D eigenvalue weighted by molar-refractivity contribution is 0.243. The van der Waals surface area contributed by atoms with E-state index in [0.29, 0.717) is 5.95 Å². The quantitative estimate of drug-likeness (QED) is 0.743. The topological polar surface area (TPSA) is 50.3 Å². The number of anilines is 2. The number of methoxy groups -OCH3 is 1. The lowest BCUT2D eigenvalue weighted by Crippen LogP contribution is -2.31. The highest BCUT2D eigenvalue weighted by Gasteiger charge is 2.19. The molecule has 0 amide bonds. The number of nitrogens with one attached hydrogen (secondary N) is 1. The summed E-state index contributed by atoms with van der Waals surface area (Å²) in [5.41, 5.74) is 4.15. The van der Waals surface area contributed by atoms with Crippen molar-refractivity contribution >= 4 is 11.6 Å². The zero-order chi connectivity index (χ0) is 18.6. The van der Waals surface area contributed by atoms with E-state index < -0.39 is 0 Å². The fourth-order valence-corrected chi connectivity index (χ4v) is 3.29. The molecule has 0 saturated carbocycles. The fraction of sp³-hybridized carbons (Fsp3) is 0.238. The van der Waals surface area contributed by atoms with Crippen molar-refractivity contribution < 1.29 is 9.13 Å². The number of aromatic nitrogens is 2. The second-order valence-corrected chi connectivity index (χ2v) is 6.58. The molecule has 27 heavy (non-hydrogen) atoms. The van der Waals surface area contributed by atoms with Crippen LogP contribution in [0.5, 0.6) is 5.75 Å². The van der Waals surface area contributed by atoms with Gasteiger partial charge in [0.2, 0.25) is 5.95 Å². The van der Waals surface area contributed by atoms with Crippen LogP contribution < -0.4 is 10.1 Å². The average Bonchev–Trinajstić information content (AvgIpc) is 2.70. The molecule has 0 saturated heterocycles. The summed E-state index contributed by atoms with van der Waals surface area (Å²) in [7, 11) is 1.64. The Morgan fingerprint density at radius 2 is 1.96 bits per heavy atom. The van der Waals surface area contributed by atoms with Gasteiger partial charge in [0.05, 0.1) is 18.5 Å². The highest BCUT2D eigenvalue weighted by atomic mass is 19.1. The van der Waals surface area contributed by atoms with E-state index in [1.807, 2.05) is 42.6 Å². The van der Waals surface area contributed by atoms with Crippen molar-refractivity contribution in [2.75, 3.05) is 19.0 Å². The van der Waals surface area contributed by atoms with Crippen LogP contribution >= 0.6 is 0 Å². The number of para-hydroxylation sites is 2. The highest BCUT2D eigenvalue weighted by Crippen LogP contribution is 2.26. The Hall–Kier alpha value is -2.99. The minimum Gasteiger partial charge on any atom is -0.495 e. The van der Waals surface area contributed by atoms with Gasteiger partial charge in [0, 0.05) is 37.8 Å². The third-order valence-corrected chi connectivity index (χ3v) is 4.69. The summed E-state index contributed by atoms with van der Waals surface area (Å²) < 4.78 is 18.4. The van der Waals surface area contributed by atoms with Gasteiger partial charge in [-0.2, -0.15) is 0 Å². The van der Waals surface area contributed by atoms with Crippen LogP contribution in [0.4, 0.5) is 16.0 Å². The summed E-state index contributed by atoms with van der Waals surface area (Å²) in [6, 6.07) is 14.4. The smallest absolute Gasteiger partial charge is 0.227 e. The average molecular weight is 364 g/mol. The van der Waals surface area contributed by atoms with Crippen LogP contribution in [0.1, 0.15) is 16.8 Å². The maximum Gasteiger partial charge on any atom is 0.227 e. The Bertz CT molecular complexity index is 930. The van der Waals surface area contributed by atoms with E-state index in [9.17, 15) is 4.39 Å². The van der Waals surface area contributed by atoms with Crippen LogP contribution in [0.2, 0.25) is 0 Å². The number of rotatable bonds is 5. The number of hydrogen-bond acceptors (Lipinski definition) is 5. The number of nitrogens with zero attached hydrogens (tertiary/aromatic N) is 3. The van der Waals surface area contributed by atoms with E-state index in [0.717, 1.165) is 54.3 Å². The van der Waals surface area contributed by atoms with Gasteiger partial charge in [-0.3, -0.25) is 4.90 Å². The molecule has 1 aromatic heterocycles. The van der Waals surface area contributed by atoms with E-state index in [4.69, 9.17) is 4.74 Å². The van der Waals surface area contributed by atoms with Gasteiger partial charge >= 0.3 is 0 Å². The standard InChI is InChI=1S/C21H21FN4O/c1-27-20-5-3-2-4-19(20)25-21-23-12-16-14-26(11-10-18(16)24-21)13-15-6-8-17(22)9-7-15/h2-9,12H,10-11,13-14H2,1H3,(H,23,24,25). The summed E-state index contributed by atoms with van der Waals surface area (Å²) >= 11 is 0. The van der Waals surface area contributed by atoms with Crippen LogP contribution in [0.25, 0.3) is 0 Å². The molecule has 1 N–H and O–H groups in total. The Kier molecular flexibility index (Phi) is 4.98. The molecule has 0 unspecified atom stereocenters. The monoisotopic (exact) mass is 364 g/mol. The first-order valence-electron chi connectivity index (χ1n) is 8.93. The van der Waals surface area contributed by atoms with E-state index >= 15 is 0 Å². The minimum absolute atomic E-state index is 0.203. The molecule has 0 radical (unpaired) electrons. The van der Waals surface area contributed by atoms with Crippen LogP contribution in [-0.4, -0.2) is 28.5 Å². The molecule has 4 rings (SSSR count). The van der Waals surface area contributed by atoms with Crippen molar-refractivity contribution in [3.8, 4) is 5.75 Å². The van der Waals surface area contributed by atoms with Crippen molar-refractivity contribution in [1.82, 2.24) is 14.9 Å². The minimum atomic E-state index is -0.203. The zero-order valence-electron chi connectivity index (χ0n) is 15.2. The van der Waals surface area contributed by atoms with Crippen LogP contribution in [0.15, 0.2) is 54.7 Å². The van der Waals surface area contributed by atoms with E-state index in [1.165, 1.54) is 12.1 Å². The first kappa shape index (κ1) is 17.4. The highest BCUT2D eigenvalue weighted by molar-refractivity contribution is 5.62. The van der Waals surface area contributed by atoms with Gasteiger partial charge in [-0.1, -0.05) is 24.3 Å². The molecule has 0 aliphatic carbocycles. The Morgan fingerprint density at radius 3 is 2.78 bits per heavy atom. The van der Waals surface area contributed by atoms with E-state index in [2.05, 4.69) is 20.2 Å². The summed E-state index contributed by atoms with van der Waals surface area (Å²) in [6.07, 6.45) is 2.75.